The quantitative estimate of drug-likeness (QED) is 0.0904. The van der Waals surface area contributed by atoms with Crippen molar-refractivity contribution in [1.29, 1.82) is 0 Å². The number of ketones is 4. The molecule has 4 unspecified atom stereocenters. The summed E-state index contributed by atoms with van der Waals surface area (Å²) in [7, 11) is 0. The molecule has 4 aromatic carbocycles. The van der Waals surface area contributed by atoms with Gasteiger partial charge in [-0.15, -0.1) is 0 Å². The molecule has 13 heteroatoms. The molecule has 0 bridgehead atoms. The van der Waals surface area contributed by atoms with Crippen LogP contribution in [0.15, 0.2) is 121 Å². The summed E-state index contributed by atoms with van der Waals surface area (Å²) in [5.41, 5.74) is 1.68. The van der Waals surface area contributed by atoms with Crippen molar-refractivity contribution in [3.63, 3.8) is 0 Å². The summed E-state index contributed by atoms with van der Waals surface area (Å²) < 4.78 is 0. The van der Waals surface area contributed by atoms with E-state index in [0.29, 0.717) is 22.3 Å². The van der Waals surface area contributed by atoms with E-state index >= 15 is 0 Å². The van der Waals surface area contributed by atoms with Crippen LogP contribution in [0.25, 0.3) is 0 Å². The Hall–Kier alpha value is -5.85. The first-order valence-electron chi connectivity index (χ1n) is 17.9. The molecule has 0 amide bonds. The van der Waals surface area contributed by atoms with Crippen LogP contribution in [0.5, 0.6) is 0 Å². The predicted molar refractivity (Wildman–Crippen MR) is 198 cm³/mol. The first-order chi connectivity index (χ1) is 26.7. The maximum atomic E-state index is 11.6. The van der Waals surface area contributed by atoms with E-state index in [1.807, 2.05) is 0 Å². The maximum Gasteiger partial charge on any atom is 4.00 e. The fourth-order valence-corrected chi connectivity index (χ4v) is 5.05. The smallest absolute Gasteiger partial charge is 0.549 e. The monoisotopic (exact) mass is 812 g/mol. The second kappa shape index (κ2) is 27.7. The number of aliphatic carboxylic acids is 4. The minimum absolute atomic E-state index is 0. The van der Waals surface area contributed by atoms with Crippen LogP contribution in [-0.4, -0.2) is 47.0 Å². The third-order valence-corrected chi connectivity index (χ3v) is 8.27. The summed E-state index contributed by atoms with van der Waals surface area (Å²) in [6.45, 7) is 6.62. The molecule has 296 valence electrons. The van der Waals surface area contributed by atoms with Gasteiger partial charge >= 0.3 is 21.7 Å². The van der Waals surface area contributed by atoms with Crippen LogP contribution in [0.3, 0.4) is 0 Å². The fraction of sp³-hybridized carbons (Fsp3) is 0.273. The molecule has 0 spiro atoms. The summed E-state index contributed by atoms with van der Waals surface area (Å²) >= 11 is 0. The van der Waals surface area contributed by atoms with Crippen LogP contribution < -0.4 is 20.4 Å². The van der Waals surface area contributed by atoms with Crippen LogP contribution in [0.4, 0.5) is 0 Å². The van der Waals surface area contributed by atoms with Gasteiger partial charge in [0.25, 0.3) is 0 Å². The van der Waals surface area contributed by atoms with Gasteiger partial charge in [-0.2, -0.15) is 0 Å². The Balaban J connectivity index is 0.000000729. The van der Waals surface area contributed by atoms with E-state index < -0.39 is 47.5 Å². The van der Waals surface area contributed by atoms with E-state index in [-0.39, 0.29) is 70.5 Å². The molecule has 0 aliphatic rings. The van der Waals surface area contributed by atoms with Crippen molar-refractivity contribution < 1.29 is 80.5 Å². The van der Waals surface area contributed by atoms with E-state index in [9.17, 15) is 58.8 Å². The number of hydrogen-bond acceptors (Lipinski definition) is 12. The van der Waals surface area contributed by atoms with Gasteiger partial charge in [-0.1, -0.05) is 149 Å². The maximum absolute atomic E-state index is 11.6. The molecule has 0 heterocycles. The Bertz CT molecular complexity index is 1600. The van der Waals surface area contributed by atoms with Crippen molar-refractivity contribution in [3.8, 4) is 0 Å². The average molecular weight is 813 g/mol. The van der Waals surface area contributed by atoms with Gasteiger partial charge in [-0.3, -0.25) is 19.2 Å². The standard InChI is InChI=1S/4C11H12O3.Ti/c4*1-2-9(11(13)14)10(12)8-6-4-3-5-7-8;/h4*3-7,9H,2H2,1H3,(H,13,14);/q;;;;+4/p-4. The molecular formula is C44H44O12Ti. The second-order valence-electron chi connectivity index (χ2n) is 12.0. The second-order valence-corrected chi connectivity index (χ2v) is 12.0. The molecule has 0 aliphatic heterocycles. The van der Waals surface area contributed by atoms with Crippen molar-refractivity contribution in [2.24, 2.45) is 23.7 Å². The first-order valence-corrected chi connectivity index (χ1v) is 17.9. The normalized spacial score (nSPS) is 11.9. The molecule has 0 saturated heterocycles. The zero-order valence-electron chi connectivity index (χ0n) is 32.1. The molecule has 4 rings (SSSR count). The van der Waals surface area contributed by atoms with Gasteiger partial charge < -0.3 is 39.6 Å². The van der Waals surface area contributed by atoms with Gasteiger partial charge in [-0.25, -0.2) is 0 Å². The van der Waals surface area contributed by atoms with Gasteiger partial charge in [0.1, 0.15) is 0 Å². The molecular weight excluding hydrogens is 768 g/mol. The van der Waals surface area contributed by atoms with Crippen LogP contribution in [0, 0.1) is 23.7 Å². The number of Topliss-reactive ketones (excluding diaryl/α,β-unsaturated/α-hetero) is 4. The summed E-state index contributed by atoms with van der Waals surface area (Å²) in [4.78, 5) is 88.8. The van der Waals surface area contributed by atoms with E-state index in [2.05, 4.69) is 0 Å². The topological polar surface area (TPSA) is 229 Å². The molecule has 0 fully saturated rings. The SMILES string of the molecule is CCC(C(=O)[O-])C(=O)c1ccccc1.CCC(C(=O)[O-])C(=O)c1ccccc1.CCC(C(=O)[O-])C(=O)c1ccccc1.CCC(C(=O)[O-])C(=O)c1ccccc1.[Ti+4]. The molecule has 57 heavy (non-hydrogen) atoms. The summed E-state index contributed by atoms with van der Waals surface area (Å²) in [6.07, 6.45) is 1.04. The largest absolute Gasteiger partial charge is 4.00 e. The molecule has 4 atom stereocenters. The van der Waals surface area contributed by atoms with Crippen molar-refractivity contribution >= 4 is 47.0 Å². The molecule has 0 aliphatic carbocycles. The third-order valence-electron chi connectivity index (χ3n) is 8.27. The van der Waals surface area contributed by atoms with Crippen LogP contribution in [0.1, 0.15) is 94.8 Å². The summed E-state index contributed by atoms with van der Waals surface area (Å²) in [6, 6.07) is 33.6. The molecule has 4 aromatic rings. The molecule has 0 radical (unpaired) electrons. The average Bonchev–Trinajstić information content (AvgIpc) is 3.20. The van der Waals surface area contributed by atoms with Crippen molar-refractivity contribution in [1.82, 2.24) is 0 Å². The minimum atomic E-state index is -1.30. The zero-order valence-corrected chi connectivity index (χ0v) is 33.6. The van der Waals surface area contributed by atoms with E-state index in [0.717, 1.165) is 0 Å². The van der Waals surface area contributed by atoms with Crippen molar-refractivity contribution in [2.45, 2.75) is 53.4 Å². The predicted octanol–water partition coefficient (Wildman–Crippen LogP) is 2.58. The Morgan fingerprint density at radius 3 is 0.579 bits per heavy atom. The van der Waals surface area contributed by atoms with Gasteiger partial charge in [0.05, 0.1) is 47.5 Å². The fourth-order valence-electron chi connectivity index (χ4n) is 5.05. The van der Waals surface area contributed by atoms with E-state index in [1.54, 1.807) is 149 Å². The van der Waals surface area contributed by atoms with Gasteiger partial charge in [0, 0.05) is 22.3 Å². The molecule has 12 nitrogen and oxygen atoms in total. The Labute approximate surface area is 346 Å². The molecule has 0 saturated carbocycles. The molecule has 0 N–H and O–H groups in total. The van der Waals surface area contributed by atoms with Crippen molar-refractivity contribution in [3.05, 3.63) is 144 Å². The number of carboxylic acids is 4. The third kappa shape index (κ3) is 17.2. The number of hydrogen-bond donors (Lipinski definition) is 0. The number of carbonyl (C=O) groups excluding carboxylic acids is 8. The number of benzene rings is 4. The van der Waals surface area contributed by atoms with E-state index in [4.69, 9.17) is 0 Å². The van der Waals surface area contributed by atoms with Crippen molar-refractivity contribution in [2.75, 3.05) is 0 Å². The Kier molecular flexibility index (Phi) is 24.8. The number of carboxylic acid groups (broad SMARTS) is 4. The Morgan fingerprint density at radius 1 is 0.333 bits per heavy atom. The zero-order chi connectivity index (χ0) is 42.2. The molecule has 0 aromatic heterocycles. The number of carbonyl (C=O) groups is 8. The first kappa shape index (κ1) is 51.2. The van der Waals surface area contributed by atoms with Crippen LogP contribution >= 0.6 is 0 Å². The van der Waals surface area contributed by atoms with E-state index in [1.165, 1.54) is 0 Å². The Morgan fingerprint density at radius 2 is 0.474 bits per heavy atom. The summed E-state index contributed by atoms with van der Waals surface area (Å²) in [5.74, 6) is -10.9. The van der Waals surface area contributed by atoms with Crippen LogP contribution in [0.2, 0.25) is 0 Å². The van der Waals surface area contributed by atoms with Gasteiger partial charge in [0.15, 0.2) is 23.1 Å². The minimum Gasteiger partial charge on any atom is -0.549 e. The van der Waals surface area contributed by atoms with Gasteiger partial charge in [-0.05, 0) is 25.7 Å². The van der Waals surface area contributed by atoms with Crippen LogP contribution in [-0.2, 0) is 40.9 Å². The van der Waals surface area contributed by atoms with Gasteiger partial charge in [0.2, 0.25) is 0 Å². The summed E-state index contributed by atoms with van der Waals surface area (Å²) in [5, 5.41) is 42.5. The number of rotatable bonds is 16.